The van der Waals surface area contributed by atoms with Crippen LogP contribution in [0.1, 0.15) is 34.6 Å². The third-order valence-electron chi connectivity index (χ3n) is 5.69. The van der Waals surface area contributed by atoms with Crippen LogP contribution >= 0.6 is 0 Å². The molecule has 2 saturated heterocycles. The second-order valence-corrected chi connectivity index (χ2v) is 8.52. The lowest BCUT2D eigenvalue weighted by molar-refractivity contribution is -0.354. The smallest absolute Gasteiger partial charge is 0.303 e. The molecular formula is C22H34O14. The summed E-state index contributed by atoms with van der Waals surface area (Å²) in [6.45, 7) is 5.61. The molecule has 36 heavy (non-hydrogen) atoms. The average Bonchev–Trinajstić information content (AvgIpc) is 2.78. The molecule has 14 nitrogen and oxygen atoms in total. The van der Waals surface area contributed by atoms with Gasteiger partial charge in [0.25, 0.3) is 0 Å². The topological polar surface area (TPSA) is 183 Å². The summed E-state index contributed by atoms with van der Waals surface area (Å²) in [6.07, 6.45) is -11.7. The monoisotopic (exact) mass is 522 g/mol. The van der Waals surface area contributed by atoms with E-state index >= 15 is 0 Å². The third kappa shape index (κ3) is 7.82. The Morgan fingerprint density at radius 1 is 0.694 bits per heavy atom. The molecular weight excluding hydrogens is 488 g/mol. The predicted molar refractivity (Wildman–Crippen MR) is 115 cm³/mol. The van der Waals surface area contributed by atoms with E-state index in [2.05, 4.69) is 0 Å². The number of rotatable bonds is 9. The molecule has 0 amide bonds. The van der Waals surface area contributed by atoms with Gasteiger partial charge in [0.2, 0.25) is 0 Å². The standard InChI is InChI=1S/C22H34O14/c1-9-14(7-30-10(2)23)34-22(19(16(9)27)32-12(4)25)36-18-15(8-31-11(3)24)35-21(29-6)20(17(18)28)33-13(5)26/h9,14-22,27-28H,7-8H2,1-6H3/t9-,14?,15?,16+,17?,18+,19?,20-,21+,22+/m1/s1. The van der Waals surface area contributed by atoms with Gasteiger partial charge in [-0.1, -0.05) is 6.92 Å². The van der Waals surface area contributed by atoms with E-state index in [1.54, 1.807) is 6.92 Å². The van der Waals surface area contributed by atoms with E-state index in [0.29, 0.717) is 0 Å². The van der Waals surface area contributed by atoms with Crippen LogP contribution in [0, 0.1) is 5.92 Å². The molecule has 10 atom stereocenters. The van der Waals surface area contributed by atoms with E-state index in [0.717, 1.165) is 13.8 Å². The SMILES string of the molecule is CO[C@H]1OC(COC(C)=O)[C@H](O[C@@H]2OC(COC(C)=O)[C@@H](C)[C@H](O)C2OC(C)=O)C(O)[C@H]1OC(C)=O. The van der Waals surface area contributed by atoms with Gasteiger partial charge >= 0.3 is 23.9 Å². The van der Waals surface area contributed by atoms with Crippen molar-refractivity contribution in [1.29, 1.82) is 0 Å². The zero-order valence-corrected chi connectivity index (χ0v) is 21.0. The molecule has 0 aromatic heterocycles. The lowest BCUT2D eigenvalue weighted by Gasteiger charge is -2.47. The molecule has 0 bridgehead atoms. The van der Waals surface area contributed by atoms with Gasteiger partial charge < -0.3 is 48.1 Å². The van der Waals surface area contributed by atoms with Crippen LogP contribution < -0.4 is 0 Å². The fraction of sp³-hybridized carbons (Fsp3) is 0.818. The Balaban J connectivity index is 2.37. The van der Waals surface area contributed by atoms with Crippen LogP contribution in [0.5, 0.6) is 0 Å². The average molecular weight is 523 g/mol. The molecule has 4 unspecified atom stereocenters. The Morgan fingerprint density at radius 2 is 1.17 bits per heavy atom. The maximum atomic E-state index is 11.7. The summed E-state index contributed by atoms with van der Waals surface area (Å²) < 4.78 is 43.2. The van der Waals surface area contributed by atoms with Crippen molar-refractivity contribution in [1.82, 2.24) is 0 Å². The second kappa shape index (κ2) is 13.3. The third-order valence-corrected chi connectivity index (χ3v) is 5.69. The van der Waals surface area contributed by atoms with E-state index in [4.69, 9.17) is 37.9 Å². The van der Waals surface area contributed by atoms with Crippen LogP contribution in [-0.2, 0) is 57.1 Å². The summed E-state index contributed by atoms with van der Waals surface area (Å²) in [7, 11) is 1.26. The molecule has 0 spiro atoms. The number of carbonyl (C=O) groups excluding carboxylic acids is 4. The van der Waals surface area contributed by atoms with Crippen LogP contribution in [0.2, 0.25) is 0 Å². The van der Waals surface area contributed by atoms with Crippen molar-refractivity contribution in [3.05, 3.63) is 0 Å². The highest BCUT2D eigenvalue weighted by Crippen LogP contribution is 2.33. The van der Waals surface area contributed by atoms with E-state index in [1.165, 1.54) is 21.0 Å². The predicted octanol–water partition coefficient (Wildman–Crippen LogP) is -1.18. The molecule has 0 aromatic carbocycles. The van der Waals surface area contributed by atoms with Crippen molar-refractivity contribution in [2.75, 3.05) is 20.3 Å². The number of ether oxygens (including phenoxy) is 8. The maximum absolute atomic E-state index is 11.7. The Kier molecular flexibility index (Phi) is 11.0. The molecule has 2 rings (SSSR count). The van der Waals surface area contributed by atoms with Gasteiger partial charge in [-0.25, -0.2) is 0 Å². The molecule has 2 N–H and O–H groups in total. The van der Waals surface area contributed by atoms with Crippen molar-refractivity contribution in [2.24, 2.45) is 5.92 Å². The zero-order valence-electron chi connectivity index (χ0n) is 21.0. The largest absolute Gasteiger partial charge is 0.463 e. The summed E-state index contributed by atoms with van der Waals surface area (Å²) in [5.74, 6) is -3.34. The first-order chi connectivity index (χ1) is 16.8. The first-order valence-corrected chi connectivity index (χ1v) is 11.3. The van der Waals surface area contributed by atoms with Crippen LogP contribution in [0.25, 0.3) is 0 Å². The normalized spacial score (nSPS) is 36.4. The van der Waals surface area contributed by atoms with Crippen LogP contribution in [-0.4, -0.2) is 110 Å². The van der Waals surface area contributed by atoms with Gasteiger partial charge in [0.15, 0.2) is 24.8 Å². The minimum absolute atomic E-state index is 0.234. The minimum Gasteiger partial charge on any atom is -0.463 e. The van der Waals surface area contributed by atoms with Gasteiger partial charge in [-0.3, -0.25) is 19.2 Å². The molecule has 2 fully saturated rings. The first-order valence-electron chi connectivity index (χ1n) is 11.3. The Labute approximate surface area is 208 Å². The summed E-state index contributed by atoms with van der Waals surface area (Å²) in [4.78, 5) is 46.1. The van der Waals surface area contributed by atoms with E-state index < -0.39 is 85.1 Å². The Bertz CT molecular complexity index is 783. The van der Waals surface area contributed by atoms with Gasteiger partial charge in [-0.2, -0.15) is 0 Å². The van der Waals surface area contributed by atoms with Crippen LogP contribution in [0.4, 0.5) is 0 Å². The summed E-state index contributed by atoms with van der Waals surface area (Å²) in [5.41, 5.74) is 0. The first kappa shape index (κ1) is 29.9. The number of methoxy groups -OCH3 is 1. The molecule has 0 aromatic rings. The lowest BCUT2D eigenvalue weighted by Crippen LogP contribution is -2.64. The van der Waals surface area contributed by atoms with E-state index in [1.807, 2.05) is 0 Å². The van der Waals surface area contributed by atoms with Crippen LogP contribution in [0.3, 0.4) is 0 Å². The van der Waals surface area contributed by atoms with E-state index in [9.17, 15) is 29.4 Å². The quantitative estimate of drug-likeness (QED) is 0.272. The summed E-state index contributed by atoms with van der Waals surface area (Å²) in [6, 6.07) is 0. The molecule has 0 aliphatic carbocycles. The van der Waals surface area contributed by atoms with Crippen molar-refractivity contribution < 1.29 is 67.3 Å². The number of aliphatic hydroxyl groups is 2. The molecule has 2 aliphatic heterocycles. The van der Waals surface area contributed by atoms with Crippen molar-refractivity contribution >= 4 is 23.9 Å². The highest BCUT2D eigenvalue weighted by Gasteiger charge is 2.53. The van der Waals surface area contributed by atoms with Gasteiger partial charge in [-0.15, -0.1) is 0 Å². The molecule has 2 aliphatic rings. The van der Waals surface area contributed by atoms with Crippen molar-refractivity contribution in [2.45, 2.75) is 89.9 Å². The number of hydrogen-bond acceptors (Lipinski definition) is 14. The van der Waals surface area contributed by atoms with Gasteiger partial charge in [-0.05, 0) is 0 Å². The fourth-order valence-electron chi connectivity index (χ4n) is 3.93. The Morgan fingerprint density at radius 3 is 1.64 bits per heavy atom. The number of aliphatic hydroxyl groups excluding tert-OH is 2. The highest BCUT2D eigenvalue weighted by molar-refractivity contribution is 5.67. The molecule has 14 heteroatoms. The minimum atomic E-state index is -1.59. The zero-order chi connectivity index (χ0) is 27.2. The number of esters is 4. The summed E-state index contributed by atoms with van der Waals surface area (Å²) in [5, 5.41) is 21.9. The summed E-state index contributed by atoms with van der Waals surface area (Å²) >= 11 is 0. The van der Waals surface area contributed by atoms with Crippen molar-refractivity contribution in [3.8, 4) is 0 Å². The molecule has 2 heterocycles. The number of hydrogen-bond donors (Lipinski definition) is 2. The van der Waals surface area contributed by atoms with E-state index in [-0.39, 0.29) is 13.2 Å². The number of carbonyl (C=O) groups is 4. The molecule has 0 saturated carbocycles. The molecule has 0 radical (unpaired) electrons. The second-order valence-electron chi connectivity index (χ2n) is 8.52. The highest BCUT2D eigenvalue weighted by atomic mass is 16.8. The maximum Gasteiger partial charge on any atom is 0.303 e. The van der Waals surface area contributed by atoms with Crippen molar-refractivity contribution in [3.63, 3.8) is 0 Å². The Hall–Kier alpha value is -2.36. The van der Waals surface area contributed by atoms with Gasteiger partial charge in [0, 0.05) is 40.7 Å². The van der Waals surface area contributed by atoms with Crippen LogP contribution in [0.15, 0.2) is 0 Å². The fourth-order valence-corrected chi connectivity index (χ4v) is 3.93. The van der Waals surface area contributed by atoms with Gasteiger partial charge in [0.1, 0.15) is 43.7 Å². The molecule has 206 valence electrons. The van der Waals surface area contributed by atoms with Gasteiger partial charge in [0.05, 0.1) is 0 Å². The lowest BCUT2D eigenvalue weighted by atomic mass is 9.90.